The molecule has 0 spiro atoms. The number of aromatic nitrogens is 1. The van der Waals surface area contributed by atoms with Crippen LogP contribution in [0.15, 0.2) is 103 Å². The topological polar surface area (TPSA) is 39.1 Å². The molecular formula is C27H21NO2. The number of hydrogen-bond donors (Lipinski definition) is 0. The first-order valence-corrected chi connectivity index (χ1v) is 9.82. The molecule has 0 amide bonds. The van der Waals surface area contributed by atoms with Gasteiger partial charge in [0.15, 0.2) is 5.78 Å². The number of allylic oxidation sites excluding steroid dienone is 1. The molecule has 0 bridgehead atoms. The maximum absolute atomic E-state index is 13.6. The van der Waals surface area contributed by atoms with Gasteiger partial charge in [-0.2, -0.15) is 0 Å². The highest BCUT2D eigenvalue weighted by Gasteiger charge is 2.23. The first kappa shape index (κ1) is 19.3. The Morgan fingerprint density at radius 2 is 1.40 bits per heavy atom. The van der Waals surface area contributed by atoms with Crippen molar-refractivity contribution >= 4 is 18.1 Å². The molecule has 1 heterocycles. The molecule has 0 saturated carbocycles. The zero-order valence-electron chi connectivity index (χ0n) is 16.4. The summed E-state index contributed by atoms with van der Waals surface area (Å²) in [6, 6.07) is 29.3. The Hall–Kier alpha value is -3.98. The van der Waals surface area contributed by atoms with Gasteiger partial charge in [-0.05, 0) is 23.3 Å². The summed E-state index contributed by atoms with van der Waals surface area (Å²) in [6.07, 6.45) is 5.81. The molecule has 4 rings (SSSR count). The number of carbonyl (C=O) groups excluding carboxylic acids is 2. The van der Waals surface area contributed by atoms with E-state index in [4.69, 9.17) is 0 Å². The second-order valence-electron chi connectivity index (χ2n) is 6.98. The van der Waals surface area contributed by atoms with Crippen LogP contribution < -0.4 is 0 Å². The van der Waals surface area contributed by atoms with E-state index < -0.39 is 0 Å². The highest BCUT2D eigenvalue weighted by atomic mass is 16.1. The van der Waals surface area contributed by atoms with Gasteiger partial charge in [-0.25, -0.2) is 0 Å². The van der Waals surface area contributed by atoms with Gasteiger partial charge in [0.05, 0.1) is 11.3 Å². The van der Waals surface area contributed by atoms with Crippen molar-refractivity contribution in [1.29, 1.82) is 0 Å². The van der Waals surface area contributed by atoms with Gasteiger partial charge in [-0.3, -0.25) is 9.59 Å². The number of carbonyl (C=O) groups is 2. The lowest BCUT2D eigenvalue weighted by Gasteiger charge is -2.12. The van der Waals surface area contributed by atoms with Crippen molar-refractivity contribution in [3.05, 3.63) is 126 Å². The number of rotatable bonds is 7. The Labute approximate surface area is 175 Å². The van der Waals surface area contributed by atoms with Crippen molar-refractivity contribution in [1.82, 2.24) is 4.57 Å². The molecule has 0 aliphatic heterocycles. The molecule has 0 aliphatic carbocycles. The van der Waals surface area contributed by atoms with Crippen molar-refractivity contribution < 1.29 is 9.59 Å². The Kier molecular flexibility index (Phi) is 5.81. The molecule has 0 unspecified atom stereocenters. The summed E-state index contributed by atoms with van der Waals surface area (Å²) in [7, 11) is 0. The van der Waals surface area contributed by atoms with Crippen LogP contribution in [0.3, 0.4) is 0 Å². The fourth-order valence-electron chi connectivity index (χ4n) is 3.63. The van der Waals surface area contributed by atoms with E-state index in [0.717, 1.165) is 28.7 Å². The lowest BCUT2D eigenvalue weighted by atomic mass is 9.96. The monoisotopic (exact) mass is 391 g/mol. The van der Waals surface area contributed by atoms with Crippen molar-refractivity contribution in [2.45, 2.75) is 6.54 Å². The van der Waals surface area contributed by atoms with Crippen molar-refractivity contribution in [3.8, 4) is 11.3 Å². The van der Waals surface area contributed by atoms with Crippen LogP contribution in [0.5, 0.6) is 0 Å². The number of aldehydes is 1. The quantitative estimate of drug-likeness (QED) is 0.232. The fraction of sp³-hybridized carbons (Fsp3) is 0.0370. The standard InChI is InChI=1S/C27H21NO2/c29-18-10-17-24-20-28(19-21-11-4-1-5-12-21)26(22-13-6-2-7-14-22)25(24)27(30)23-15-8-3-9-16-23/h1-18,20H,19H2/b17-10+. The van der Waals surface area contributed by atoms with Crippen LogP contribution >= 0.6 is 0 Å². The summed E-state index contributed by atoms with van der Waals surface area (Å²) in [5.74, 6) is -0.0631. The second kappa shape index (κ2) is 9.01. The van der Waals surface area contributed by atoms with Crippen molar-refractivity contribution in [2.24, 2.45) is 0 Å². The van der Waals surface area contributed by atoms with E-state index in [1.807, 2.05) is 85.1 Å². The van der Waals surface area contributed by atoms with Gasteiger partial charge in [0.25, 0.3) is 0 Å². The van der Waals surface area contributed by atoms with Crippen LogP contribution in [-0.2, 0) is 11.3 Å². The maximum Gasteiger partial charge on any atom is 0.195 e. The zero-order valence-corrected chi connectivity index (χ0v) is 16.4. The molecular weight excluding hydrogens is 370 g/mol. The average Bonchev–Trinajstić information content (AvgIpc) is 3.16. The van der Waals surface area contributed by atoms with Gasteiger partial charge in [-0.1, -0.05) is 91.0 Å². The molecule has 30 heavy (non-hydrogen) atoms. The van der Waals surface area contributed by atoms with Crippen LogP contribution in [0.2, 0.25) is 0 Å². The third-order valence-corrected chi connectivity index (χ3v) is 4.97. The number of nitrogens with zero attached hydrogens (tertiary/aromatic N) is 1. The molecule has 0 aliphatic rings. The summed E-state index contributed by atoms with van der Waals surface area (Å²) < 4.78 is 2.09. The summed E-state index contributed by atoms with van der Waals surface area (Å²) >= 11 is 0. The third kappa shape index (κ3) is 4.06. The second-order valence-corrected chi connectivity index (χ2v) is 6.98. The van der Waals surface area contributed by atoms with Crippen LogP contribution in [0.4, 0.5) is 0 Å². The van der Waals surface area contributed by atoms with E-state index in [1.165, 1.54) is 6.08 Å². The number of ketones is 1. The number of benzene rings is 3. The number of hydrogen-bond acceptors (Lipinski definition) is 2. The van der Waals surface area contributed by atoms with Crippen LogP contribution in [0, 0.1) is 0 Å². The van der Waals surface area contributed by atoms with Gasteiger partial charge >= 0.3 is 0 Å². The van der Waals surface area contributed by atoms with Crippen molar-refractivity contribution in [3.63, 3.8) is 0 Å². The molecule has 0 radical (unpaired) electrons. The molecule has 3 heteroatoms. The molecule has 0 atom stereocenters. The summed E-state index contributed by atoms with van der Waals surface area (Å²) in [4.78, 5) is 24.6. The van der Waals surface area contributed by atoms with Gasteiger partial charge in [0.2, 0.25) is 0 Å². The summed E-state index contributed by atoms with van der Waals surface area (Å²) in [6.45, 7) is 0.620. The SMILES string of the molecule is O=C/C=C/c1cn(Cc2ccccc2)c(-c2ccccc2)c1C(=O)c1ccccc1. The first-order valence-electron chi connectivity index (χ1n) is 9.82. The van der Waals surface area contributed by atoms with E-state index in [1.54, 1.807) is 6.08 Å². The van der Waals surface area contributed by atoms with Gasteiger partial charge in [0.1, 0.15) is 6.29 Å². The van der Waals surface area contributed by atoms with Gasteiger partial charge in [0, 0.05) is 23.9 Å². The van der Waals surface area contributed by atoms with Crippen molar-refractivity contribution in [2.75, 3.05) is 0 Å². The smallest absolute Gasteiger partial charge is 0.195 e. The first-order chi connectivity index (χ1) is 14.8. The average molecular weight is 391 g/mol. The fourth-order valence-corrected chi connectivity index (χ4v) is 3.63. The molecule has 0 saturated heterocycles. The molecule has 1 aromatic heterocycles. The van der Waals surface area contributed by atoms with Crippen LogP contribution in [0.1, 0.15) is 27.0 Å². The van der Waals surface area contributed by atoms with Gasteiger partial charge < -0.3 is 4.57 Å². The summed E-state index contributed by atoms with van der Waals surface area (Å²) in [5.41, 5.74) is 4.88. The molecule has 3 aromatic carbocycles. The van der Waals surface area contributed by atoms with E-state index in [-0.39, 0.29) is 5.78 Å². The zero-order chi connectivity index (χ0) is 20.8. The molecule has 4 aromatic rings. The van der Waals surface area contributed by atoms with E-state index in [9.17, 15) is 9.59 Å². The summed E-state index contributed by atoms with van der Waals surface area (Å²) in [5, 5.41) is 0. The molecule has 0 fully saturated rings. The minimum absolute atomic E-state index is 0.0631. The molecule has 146 valence electrons. The Morgan fingerprint density at radius 1 is 0.800 bits per heavy atom. The van der Waals surface area contributed by atoms with Crippen LogP contribution in [-0.4, -0.2) is 16.6 Å². The highest BCUT2D eigenvalue weighted by Crippen LogP contribution is 2.32. The molecule has 0 N–H and O–H groups in total. The minimum Gasteiger partial charge on any atom is -0.342 e. The van der Waals surface area contributed by atoms with Crippen LogP contribution in [0.25, 0.3) is 17.3 Å². The maximum atomic E-state index is 13.6. The predicted molar refractivity (Wildman–Crippen MR) is 120 cm³/mol. The lowest BCUT2D eigenvalue weighted by Crippen LogP contribution is -2.06. The third-order valence-electron chi connectivity index (χ3n) is 4.97. The highest BCUT2D eigenvalue weighted by molar-refractivity contribution is 6.15. The van der Waals surface area contributed by atoms with Gasteiger partial charge in [-0.15, -0.1) is 0 Å². The largest absolute Gasteiger partial charge is 0.342 e. The van der Waals surface area contributed by atoms with E-state index >= 15 is 0 Å². The Morgan fingerprint density at radius 3 is 2.03 bits per heavy atom. The Balaban J connectivity index is 1.94. The predicted octanol–water partition coefficient (Wildman–Crippen LogP) is 5.65. The van der Waals surface area contributed by atoms with E-state index in [0.29, 0.717) is 17.7 Å². The Bertz CT molecular complexity index is 1170. The lowest BCUT2D eigenvalue weighted by molar-refractivity contribution is -0.104. The normalized spacial score (nSPS) is 10.9. The van der Waals surface area contributed by atoms with E-state index in [2.05, 4.69) is 16.7 Å². The molecule has 3 nitrogen and oxygen atoms in total. The minimum atomic E-state index is -0.0631.